The van der Waals surface area contributed by atoms with E-state index in [0.717, 1.165) is 5.56 Å². The lowest BCUT2D eigenvalue weighted by molar-refractivity contribution is 0.0696. The van der Waals surface area contributed by atoms with Crippen LogP contribution in [0.2, 0.25) is 5.02 Å². The minimum absolute atomic E-state index is 0.0945. The van der Waals surface area contributed by atoms with Crippen molar-refractivity contribution < 1.29 is 14.7 Å². The summed E-state index contributed by atoms with van der Waals surface area (Å²) in [5.74, 6) is -1.57. The van der Waals surface area contributed by atoms with Gasteiger partial charge in [0.05, 0.1) is 17.5 Å². The number of halogens is 1. The summed E-state index contributed by atoms with van der Waals surface area (Å²) in [7, 11) is 0. The average Bonchev–Trinajstić information content (AvgIpc) is 3.13. The highest BCUT2D eigenvalue weighted by atomic mass is 35.5. The van der Waals surface area contributed by atoms with Crippen molar-refractivity contribution in [2.75, 3.05) is 0 Å². The lowest BCUT2D eigenvalue weighted by Gasteiger charge is -2.00. The Bertz CT molecular complexity index is 980. The number of carboxylic acids is 1. The number of amides is 1. The molecule has 2 aromatic carbocycles. The number of hydrogen-bond acceptors (Lipinski definition) is 4. The number of nitrogens with zero attached hydrogens (tertiary/aromatic N) is 2. The van der Waals surface area contributed by atoms with E-state index >= 15 is 0 Å². The molecule has 0 spiro atoms. The maximum Gasteiger partial charge on any atom is 0.336 e. The fourth-order valence-electron chi connectivity index (χ4n) is 2.23. The number of benzene rings is 2. The van der Waals surface area contributed by atoms with E-state index in [1.54, 1.807) is 48.5 Å². The second-order valence-electron chi connectivity index (χ2n) is 5.27. The molecule has 0 saturated carbocycles. The van der Waals surface area contributed by atoms with E-state index in [9.17, 15) is 9.59 Å². The van der Waals surface area contributed by atoms with Crippen molar-refractivity contribution in [1.29, 1.82) is 0 Å². The van der Waals surface area contributed by atoms with E-state index in [0.29, 0.717) is 16.3 Å². The van der Waals surface area contributed by atoms with Gasteiger partial charge in [-0.2, -0.15) is 10.2 Å². The van der Waals surface area contributed by atoms with E-state index in [4.69, 9.17) is 16.7 Å². The Morgan fingerprint density at radius 3 is 2.62 bits per heavy atom. The van der Waals surface area contributed by atoms with Crippen molar-refractivity contribution in [2.45, 2.75) is 0 Å². The smallest absolute Gasteiger partial charge is 0.336 e. The van der Waals surface area contributed by atoms with Crippen molar-refractivity contribution in [2.24, 2.45) is 5.10 Å². The molecule has 0 aliphatic rings. The molecule has 0 bridgehead atoms. The van der Waals surface area contributed by atoms with Gasteiger partial charge >= 0.3 is 5.97 Å². The molecule has 0 saturated heterocycles. The monoisotopic (exact) mass is 368 g/mol. The van der Waals surface area contributed by atoms with Gasteiger partial charge in [-0.15, -0.1) is 0 Å². The number of rotatable bonds is 5. The Labute approximate surface area is 153 Å². The fraction of sp³-hybridized carbons (Fsp3) is 0. The average molecular weight is 369 g/mol. The van der Waals surface area contributed by atoms with Crippen molar-refractivity contribution in [3.8, 4) is 11.3 Å². The van der Waals surface area contributed by atoms with Crippen LogP contribution in [0.25, 0.3) is 11.3 Å². The highest BCUT2D eigenvalue weighted by Gasteiger charge is 2.11. The zero-order valence-corrected chi connectivity index (χ0v) is 14.1. The summed E-state index contributed by atoms with van der Waals surface area (Å²) in [6.07, 6.45) is 1.28. The third-order valence-corrected chi connectivity index (χ3v) is 3.78. The summed E-state index contributed by atoms with van der Waals surface area (Å²) >= 11 is 5.85. The van der Waals surface area contributed by atoms with Gasteiger partial charge in [0.2, 0.25) is 0 Å². The van der Waals surface area contributed by atoms with Crippen molar-refractivity contribution >= 4 is 29.7 Å². The number of carboxylic acid groups (broad SMARTS) is 1. The summed E-state index contributed by atoms with van der Waals surface area (Å²) in [5.41, 5.74) is 4.43. The highest BCUT2D eigenvalue weighted by Crippen LogP contribution is 2.20. The first kappa shape index (κ1) is 17.4. The summed E-state index contributed by atoms with van der Waals surface area (Å²) in [6, 6.07) is 15.0. The van der Waals surface area contributed by atoms with Gasteiger partial charge in [-0.1, -0.05) is 41.9 Å². The maximum atomic E-state index is 12.1. The molecule has 1 heterocycles. The molecular weight excluding hydrogens is 356 g/mol. The molecular formula is C18H13ClN4O3. The molecule has 0 unspecified atom stereocenters. The molecule has 0 aliphatic carbocycles. The number of H-pyrrole nitrogens is 1. The Kier molecular flexibility index (Phi) is 5.09. The first-order chi connectivity index (χ1) is 12.5. The summed E-state index contributed by atoms with van der Waals surface area (Å²) in [4.78, 5) is 23.2. The molecule has 0 radical (unpaired) electrons. The van der Waals surface area contributed by atoms with Gasteiger partial charge in [-0.3, -0.25) is 9.89 Å². The summed E-state index contributed by atoms with van der Waals surface area (Å²) < 4.78 is 0. The van der Waals surface area contributed by atoms with Crippen LogP contribution in [-0.2, 0) is 0 Å². The number of aromatic amines is 1. The predicted molar refractivity (Wildman–Crippen MR) is 97.5 cm³/mol. The topological polar surface area (TPSA) is 107 Å². The lowest BCUT2D eigenvalue weighted by Crippen LogP contribution is -2.18. The molecule has 1 amide bonds. The molecule has 1 aromatic heterocycles. The SMILES string of the molecule is O=C(NN=Cc1ccccc1C(=O)O)c1cc(-c2ccc(Cl)cc2)n[nH]1. The fourth-order valence-corrected chi connectivity index (χ4v) is 2.36. The Balaban J connectivity index is 1.70. The normalized spacial score (nSPS) is 10.8. The Morgan fingerprint density at radius 1 is 1.15 bits per heavy atom. The maximum absolute atomic E-state index is 12.1. The van der Waals surface area contributed by atoms with Crippen LogP contribution in [-0.4, -0.2) is 33.4 Å². The number of carbonyl (C=O) groups is 2. The molecule has 0 aliphatic heterocycles. The van der Waals surface area contributed by atoms with E-state index in [-0.39, 0.29) is 11.3 Å². The molecule has 3 aromatic rings. The second-order valence-corrected chi connectivity index (χ2v) is 5.70. The summed E-state index contributed by atoms with van der Waals surface area (Å²) in [6.45, 7) is 0. The molecule has 8 heteroatoms. The molecule has 26 heavy (non-hydrogen) atoms. The minimum atomic E-state index is -1.07. The number of aromatic nitrogens is 2. The number of carbonyl (C=O) groups excluding carboxylic acids is 1. The molecule has 130 valence electrons. The van der Waals surface area contributed by atoms with Gasteiger partial charge in [0.25, 0.3) is 5.91 Å². The molecule has 0 fully saturated rings. The van der Waals surface area contributed by atoms with E-state index in [2.05, 4.69) is 20.7 Å². The van der Waals surface area contributed by atoms with E-state index < -0.39 is 11.9 Å². The van der Waals surface area contributed by atoms with Crippen LogP contribution in [0, 0.1) is 0 Å². The first-order valence-corrected chi connectivity index (χ1v) is 7.89. The van der Waals surface area contributed by atoms with Gasteiger partial charge in [-0.25, -0.2) is 10.2 Å². The standard InChI is InChI=1S/C18H13ClN4O3/c19-13-7-5-11(6-8-13)15-9-16(22-21-15)17(24)23-20-10-12-3-1-2-4-14(12)18(25)26/h1-10H,(H,21,22)(H,23,24)(H,25,26). The van der Waals surface area contributed by atoms with Crippen LogP contribution in [0.3, 0.4) is 0 Å². The third-order valence-electron chi connectivity index (χ3n) is 3.52. The zero-order valence-electron chi connectivity index (χ0n) is 13.3. The van der Waals surface area contributed by atoms with Gasteiger partial charge in [0, 0.05) is 16.1 Å². The molecule has 0 atom stereocenters. The van der Waals surface area contributed by atoms with Crippen molar-refractivity contribution in [3.05, 3.63) is 76.4 Å². The Hall–Kier alpha value is -3.45. The summed E-state index contributed by atoms with van der Waals surface area (Å²) in [5, 5.41) is 20.2. The van der Waals surface area contributed by atoms with Gasteiger partial charge in [0.1, 0.15) is 5.69 Å². The number of hydrazone groups is 1. The van der Waals surface area contributed by atoms with Crippen LogP contribution in [0.4, 0.5) is 0 Å². The lowest BCUT2D eigenvalue weighted by atomic mass is 10.1. The largest absolute Gasteiger partial charge is 0.478 e. The number of nitrogens with one attached hydrogen (secondary N) is 2. The first-order valence-electron chi connectivity index (χ1n) is 7.51. The molecule has 3 N–H and O–H groups in total. The molecule has 7 nitrogen and oxygen atoms in total. The van der Waals surface area contributed by atoms with Crippen LogP contribution in [0.15, 0.2) is 59.7 Å². The highest BCUT2D eigenvalue weighted by molar-refractivity contribution is 6.30. The minimum Gasteiger partial charge on any atom is -0.478 e. The Morgan fingerprint density at radius 2 is 1.88 bits per heavy atom. The number of hydrogen-bond donors (Lipinski definition) is 3. The van der Waals surface area contributed by atoms with Gasteiger partial charge in [0.15, 0.2) is 0 Å². The van der Waals surface area contributed by atoms with Crippen molar-refractivity contribution in [3.63, 3.8) is 0 Å². The zero-order chi connectivity index (χ0) is 18.5. The van der Waals surface area contributed by atoms with Gasteiger partial charge in [-0.05, 0) is 24.3 Å². The van der Waals surface area contributed by atoms with Gasteiger partial charge < -0.3 is 5.11 Å². The van der Waals surface area contributed by atoms with Crippen LogP contribution in [0.1, 0.15) is 26.4 Å². The van der Waals surface area contributed by atoms with E-state index in [1.807, 2.05) is 0 Å². The quantitative estimate of drug-likeness (QED) is 0.474. The third kappa shape index (κ3) is 3.96. The second kappa shape index (κ2) is 7.62. The van der Waals surface area contributed by atoms with Crippen LogP contribution < -0.4 is 5.43 Å². The predicted octanol–water partition coefficient (Wildman–Crippen LogP) is 3.19. The van der Waals surface area contributed by atoms with E-state index in [1.165, 1.54) is 12.3 Å². The van der Waals surface area contributed by atoms with Crippen LogP contribution >= 0.6 is 11.6 Å². The van der Waals surface area contributed by atoms with Crippen molar-refractivity contribution in [1.82, 2.24) is 15.6 Å². The number of aromatic carboxylic acids is 1. The van der Waals surface area contributed by atoms with Crippen LogP contribution in [0.5, 0.6) is 0 Å². The molecule has 3 rings (SSSR count).